The van der Waals surface area contributed by atoms with E-state index in [0.717, 1.165) is 35.5 Å². The van der Waals surface area contributed by atoms with Crippen LogP contribution in [0.1, 0.15) is 68.9 Å². The van der Waals surface area contributed by atoms with Crippen molar-refractivity contribution in [2.45, 2.75) is 65.5 Å². The van der Waals surface area contributed by atoms with Crippen molar-refractivity contribution >= 4 is 5.91 Å². The second-order valence-electron chi connectivity index (χ2n) is 10.5. The summed E-state index contributed by atoms with van der Waals surface area (Å²) in [4.78, 5) is 17.0. The smallest absolute Gasteiger partial charge is 0.274 e. The van der Waals surface area contributed by atoms with E-state index in [-0.39, 0.29) is 16.9 Å². The molecule has 0 aliphatic carbocycles. The Hall–Kier alpha value is -2.38. The van der Waals surface area contributed by atoms with Crippen LogP contribution in [-0.2, 0) is 23.1 Å². The molecule has 0 saturated heterocycles. The van der Waals surface area contributed by atoms with Gasteiger partial charge in [0.25, 0.3) is 5.91 Å². The van der Waals surface area contributed by atoms with Gasteiger partial charge in [0.05, 0.1) is 18.9 Å². The molecular weight excluding hydrogens is 404 g/mol. The summed E-state index contributed by atoms with van der Waals surface area (Å²) in [6.45, 7) is 15.6. The maximum Gasteiger partial charge on any atom is 0.274 e. The second kappa shape index (κ2) is 9.63. The highest BCUT2D eigenvalue weighted by molar-refractivity contribution is 5.93. The molecule has 176 valence electrons. The Morgan fingerprint density at radius 3 is 2.59 bits per heavy atom. The average molecular weight is 443 g/mol. The van der Waals surface area contributed by atoms with E-state index >= 15 is 0 Å². The number of carbonyl (C=O) groups is 1. The van der Waals surface area contributed by atoms with Gasteiger partial charge in [-0.05, 0) is 37.8 Å². The Balaban J connectivity index is 1.59. The molecule has 2 aromatic rings. The van der Waals surface area contributed by atoms with Crippen LogP contribution in [0.5, 0.6) is 5.75 Å². The fourth-order valence-corrected chi connectivity index (χ4v) is 3.71. The van der Waals surface area contributed by atoms with Gasteiger partial charge in [0.1, 0.15) is 12.4 Å². The van der Waals surface area contributed by atoms with Crippen molar-refractivity contribution in [2.24, 2.45) is 0 Å². The Labute approximate surface area is 192 Å². The van der Waals surface area contributed by atoms with Crippen LogP contribution in [0.15, 0.2) is 24.3 Å². The van der Waals surface area contributed by atoms with Gasteiger partial charge in [-0.2, -0.15) is 5.10 Å². The molecule has 0 spiro atoms. The molecule has 7 heteroatoms. The van der Waals surface area contributed by atoms with E-state index < -0.39 is 0 Å². The molecule has 2 heterocycles. The SMILES string of the molecule is CN(CCOc1ccccc1C(C)(C)C)C(=O)c1n[nH]c2c1CN(COC(C)(C)C)CC2. The molecular formula is C25H38N4O3. The minimum absolute atomic E-state index is 0.00496. The number of ether oxygens (including phenoxy) is 2. The number of nitrogens with one attached hydrogen (secondary N) is 1. The number of aromatic nitrogens is 2. The van der Waals surface area contributed by atoms with E-state index in [1.165, 1.54) is 0 Å². The summed E-state index contributed by atoms with van der Waals surface area (Å²) in [6, 6.07) is 8.08. The number of benzene rings is 1. The molecule has 1 N–H and O–H groups in total. The Bertz CT molecular complexity index is 924. The molecule has 3 rings (SSSR count). The lowest BCUT2D eigenvalue weighted by Crippen LogP contribution is -2.37. The van der Waals surface area contributed by atoms with Gasteiger partial charge in [-0.3, -0.25) is 14.8 Å². The maximum atomic E-state index is 13.1. The normalized spacial score (nSPS) is 14.8. The highest BCUT2D eigenvalue weighted by atomic mass is 16.5. The highest BCUT2D eigenvalue weighted by Gasteiger charge is 2.28. The molecule has 1 aromatic heterocycles. The van der Waals surface area contributed by atoms with Crippen molar-refractivity contribution in [3.8, 4) is 5.75 Å². The number of carbonyl (C=O) groups excluding carboxylic acids is 1. The summed E-state index contributed by atoms with van der Waals surface area (Å²) < 4.78 is 12.0. The number of aromatic amines is 1. The van der Waals surface area contributed by atoms with Gasteiger partial charge in [-0.15, -0.1) is 0 Å². The topological polar surface area (TPSA) is 70.7 Å². The minimum atomic E-state index is -0.193. The standard InChI is InChI=1S/C25H38N4O3/c1-24(2,3)19-10-8-9-11-21(19)31-15-14-28(7)23(30)22-18-16-29(17-32-25(4,5)6)13-12-20(18)26-27-22/h8-11H,12-17H2,1-7H3,(H,26,27). The molecule has 0 saturated carbocycles. The van der Waals surface area contributed by atoms with Crippen LogP contribution in [0.3, 0.4) is 0 Å². The lowest BCUT2D eigenvalue weighted by Gasteiger charge is -2.30. The molecule has 1 aliphatic heterocycles. The third-order valence-electron chi connectivity index (χ3n) is 5.62. The molecule has 0 atom stereocenters. The summed E-state index contributed by atoms with van der Waals surface area (Å²) >= 11 is 0. The average Bonchev–Trinajstić information content (AvgIpc) is 3.14. The van der Waals surface area contributed by atoms with Crippen molar-refractivity contribution < 1.29 is 14.3 Å². The summed E-state index contributed by atoms with van der Waals surface area (Å²) in [6.07, 6.45) is 0.833. The molecule has 1 amide bonds. The Morgan fingerprint density at radius 2 is 1.91 bits per heavy atom. The van der Waals surface area contributed by atoms with Gasteiger partial charge < -0.3 is 14.4 Å². The van der Waals surface area contributed by atoms with E-state index in [9.17, 15) is 4.79 Å². The Kier molecular flexibility index (Phi) is 7.30. The van der Waals surface area contributed by atoms with E-state index in [1.54, 1.807) is 11.9 Å². The molecule has 32 heavy (non-hydrogen) atoms. The molecule has 0 radical (unpaired) electrons. The van der Waals surface area contributed by atoms with Gasteiger partial charge in [0.2, 0.25) is 0 Å². The monoisotopic (exact) mass is 442 g/mol. The van der Waals surface area contributed by atoms with Gasteiger partial charge in [0.15, 0.2) is 5.69 Å². The summed E-state index contributed by atoms with van der Waals surface area (Å²) in [7, 11) is 1.80. The van der Waals surface area contributed by atoms with E-state index in [1.807, 2.05) is 39.0 Å². The zero-order valence-electron chi connectivity index (χ0n) is 20.6. The lowest BCUT2D eigenvalue weighted by molar-refractivity contribution is -0.0675. The number of hydrogen-bond acceptors (Lipinski definition) is 5. The molecule has 0 fully saturated rings. The molecule has 0 bridgehead atoms. The number of rotatable bonds is 7. The number of likely N-dealkylation sites (N-methyl/N-ethyl adjacent to an activating group) is 1. The van der Waals surface area contributed by atoms with Gasteiger partial charge in [-0.25, -0.2) is 0 Å². The van der Waals surface area contributed by atoms with Crippen LogP contribution in [0.25, 0.3) is 0 Å². The third kappa shape index (κ3) is 6.11. The van der Waals surface area contributed by atoms with Crippen LogP contribution >= 0.6 is 0 Å². The van der Waals surface area contributed by atoms with Crippen LogP contribution < -0.4 is 4.74 Å². The summed E-state index contributed by atoms with van der Waals surface area (Å²) in [5, 5.41) is 7.41. The first-order valence-corrected chi connectivity index (χ1v) is 11.4. The third-order valence-corrected chi connectivity index (χ3v) is 5.62. The number of amides is 1. The first-order valence-electron chi connectivity index (χ1n) is 11.4. The number of nitrogens with zero attached hydrogens (tertiary/aromatic N) is 3. The van der Waals surface area contributed by atoms with Crippen molar-refractivity contribution in [3.63, 3.8) is 0 Å². The lowest BCUT2D eigenvalue weighted by atomic mass is 9.86. The van der Waals surface area contributed by atoms with E-state index in [0.29, 0.717) is 32.1 Å². The van der Waals surface area contributed by atoms with Crippen molar-refractivity contribution in [2.75, 3.05) is 33.5 Å². The van der Waals surface area contributed by atoms with Crippen LogP contribution in [0, 0.1) is 0 Å². The molecule has 7 nitrogen and oxygen atoms in total. The zero-order valence-corrected chi connectivity index (χ0v) is 20.6. The van der Waals surface area contributed by atoms with Crippen molar-refractivity contribution in [1.82, 2.24) is 20.0 Å². The largest absolute Gasteiger partial charge is 0.491 e. The van der Waals surface area contributed by atoms with Gasteiger partial charge in [0, 0.05) is 37.8 Å². The fraction of sp³-hybridized carbons (Fsp3) is 0.600. The number of H-pyrrole nitrogens is 1. The summed E-state index contributed by atoms with van der Waals surface area (Å²) in [5.41, 5.74) is 3.48. The fourth-order valence-electron chi connectivity index (χ4n) is 3.71. The highest BCUT2D eigenvalue weighted by Crippen LogP contribution is 2.31. The predicted octanol–water partition coefficient (Wildman–Crippen LogP) is 3.99. The van der Waals surface area contributed by atoms with Crippen LogP contribution in [-0.4, -0.2) is 65.0 Å². The Morgan fingerprint density at radius 1 is 1.19 bits per heavy atom. The minimum Gasteiger partial charge on any atom is -0.491 e. The molecule has 1 aromatic carbocycles. The number of hydrogen-bond donors (Lipinski definition) is 1. The summed E-state index contributed by atoms with van der Waals surface area (Å²) in [5.74, 6) is 0.779. The van der Waals surface area contributed by atoms with Crippen LogP contribution in [0.4, 0.5) is 0 Å². The maximum absolute atomic E-state index is 13.1. The molecule has 1 aliphatic rings. The second-order valence-corrected chi connectivity index (χ2v) is 10.5. The van der Waals surface area contributed by atoms with Gasteiger partial charge >= 0.3 is 0 Å². The zero-order chi connectivity index (χ0) is 23.5. The predicted molar refractivity (Wildman–Crippen MR) is 126 cm³/mol. The molecule has 0 unspecified atom stereocenters. The van der Waals surface area contributed by atoms with Crippen LogP contribution in [0.2, 0.25) is 0 Å². The van der Waals surface area contributed by atoms with E-state index in [4.69, 9.17) is 9.47 Å². The van der Waals surface area contributed by atoms with E-state index in [2.05, 4.69) is 41.9 Å². The quantitative estimate of drug-likeness (QED) is 0.702. The number of fused-ring (bicyclic) bond motifs is 1. The van der Waals surface area contributed by atoms with Crippen molar-refractivity contribution in [3.05, 3.63) is 46.8 Å². The first kappa shape index (κ1) is 24.3. The van der Waals surface area contributed by atoms with Gasteiger partial charge in [-0.1, -0.05) is 39.0 Å². The van der Waals surface area contributed by atoms with Crippen molar-refractivity contribution in [1.29, 1.82) is 0 Å². The first-order chi connectivity index (χ1) is 15.0. The number of para-hydroxylation sites is 1.